The quantitative estimate of drug-likeness (QED) is 0.784. The molecule has 0 spiro atoms. The van der Waals surface area contributed by atoms with E-state index in [1.165, 1.54) is 5.56 Å². The third-order valence-corrected chi connectivity index (χ3v) is 3.36. The molecule has 0 fully saturated rings. The van der Waals surface area contributed by atoms with Gasteiger partial charge in [0, 0.05) is 0 Å². The second-order valence-electron chi connectivity index (χ2n) is 6.48. The molecule has 1 unspecified atom stereocenters. The van der Waals surface area contributed by atoms with Crippen molar-refractivity contribution in [2.45, 2.75) is 51.5 Å². The predicted molar refractivity (Wildman–Crippen MR) is 81.7 cm³/mol. The van der Waals surface area contributed by atoms with E-state index < -0.39 is 11.4 Å². The molecular formula is C16H26N2O2. The third kappa shape index (κ3) is 4.53. The Balaban J connectivity index is 2.58. The van der Waals surface area contributed by atoms with Crippen LogP contribution < -0.4 is 16.2 Å². The average molecular weight is 278 g/mol. The van der Waals surface area contributed by atoms with E-state index in [9.17, 15) is 4.79 Å². The van der Waals surface area contributed by atoms with Crippen molar-refractivity contribution in [2.24, 2.45) is 11.5 Å². The Morgan fingerprint density at radius 2 is 1.80 bits per heavy atom. The average Bonchev–Trinajstić information content (AvgIpc) is 2.34. The smallest absolute Gasteiger partial charge is 0.237 e. The molecule has 4 heteroatoms. The van der Waals surface area contributed by atoms with E-state index in [2.05, 4.69) is 26.8 Å². The van der Waals surface area contributed by atoms with Crippen molar-refractivity contribution in [1.29, 1.82) is 0 Å². The van der Waals surface area contributed by atoms with Crippen molar-refractivity contribution in [3.8, 4) is 5.75 Å². The second-order valence-corrected chi connectivity index (χ2v) is 6.48. The van der Waals surface area contributed by atoms with Crippen LogP contribution in [0.4, 0.5) is 0 Å². The van der Waals surface area contributed by atoms with Gasteiger partial charge in [-0.2, -0.15) is 0 Å². The van der Waals surface area contributed by atoms with Gasteiger partial charge in [-0.1, -0.05) is 39.0 Å². The van der Waals surface area contributed by atoms with Gasteiger partial charge in [0.1, 0.15) is 5.75 Å². The summed E-state index contributed by atoms with van der Waals surface area (Å²) in [5, 5.41) is 0. The topological polar surface area (TPSA) is 78.3 Å². The Kier molecular flexibility index (Phi) is 5.17. The number of nitrogens with two attached hydrogens (primary N) is 2. The Labute approximate surface area is 121 Å². The van der Waals surface area contributed by atoms with Crippen LogP contribution in [-0.2, 0) is 10.2 Å². The molecule has 0 saturated heterocycles. The minimum absolute atomic E-state index is 0.0339. The lowest BCUT2D eigenvalue weighted by atomic mass is 9.86. The number of carbonyl (C=O) groups is 1. The zero-order valence-electron chi connectivity index (χ0n) is 12.9. The highest BCUT2D eigenvalue weighted by molar-refractivity contribution is 5.83. The van der Waals surface area contributed by atoms with Crippen LogP contribution in [-0.4, -0.2) is 18.1 Å². The summed E-state index contributed by atoms with van der Waals surface area (Å²) in [6.45, 7) is 8.63. The van der Waals surface area contributed by atoms with Gasteiger partial charge < -0.3 is 16.2 Å². The molecule has 4 N–H and O–H groups in total. The van der Waals surface area contributed by atoms with E-state index in [1.807, 2.05) is 18.2 Å². The summed E-state index contributed by atoms with van der Waals surface area (Å²) in [4.78, 5) is 11.1. The van der Waals surface area contributed by atoms with Crippen LogP contribution >= 0.6 is 0 Å². The summed E-state index contributed by atoms with van der Waals surface area (Å²) >= 11 is 0. The largest absolute Gasteiger partial charge is 0.493 e. The monoisotopic (exact) mass is 278 g/mol. The summed E-state index contributed by atoms with van der Waals surface area (Å²) in [5.74, 6) is 0.408. The van der Waals surface area contributed by atoms with Crippen molar-refractivity contribution in [3.63, 3.8) is 0 Å². The Hall–Kier alpha value is -1.55. The van der Waals surface area contributed by atoms with Crippen molar-refractivity contribution in [1.82, 2.24) is 0 Å². The minimum Gasteiger partial charge on any atom is -0.493 e. The number of amides is 1. The van der Waals surface area contributed by atoms with Crippen LogP contribution in [0.25, 0.3) is 0 Å². The lowest BCUT2D eigenvalue weighted by Crippen LogP contribution is -2.49. The van der Waals surface area contributed by atoms with E-state index >= 15 is 0 Å². The molecule has 1 rings (SSSR count). The zero-order valence-corrected chi connectivity index (χ0v) is 12.9. The van der Waals surface area contributed by atoms with Crippen molar-refractivity contribution in [2.75, 3.05) is 6.61 Å². The number of primary amides is 1. The van der Waals surface area contributed by atoms with Crippen LogP contribution in [0.5, 0.6) is 5.75 Å². The molecule has 1 atom stereocenters. The van der Waals surface area contributed by atoms with Gasteiger partial charge >= 0.3 is 0 Å². The molecule has 1 aromatic rings. The van der Waals surface area contributed by atoms with Crippen LogP contribution in [0.1, 0.15) is 46.1 Å². The highest BCUT2D eigenvalue weighted by Gasteiger charge is 2.25. The Bertz CT molecular complexity index is 462. The van der Waals surface area contributed by atoms with E-state index in [0.717, 1.165) is 5.75 Å². The SMILES string of the molecule is CC(N)(CCCOc1ccccc1C(C)(C)C)C(N)=O. The van der Waals surface area contributed by atoms with Gasteiger partial charge in [0.2, 0.25) is 5.91 Å². The fourth-order valence-electron chi connectivity index (χ4n) is 1.96. The van der Waals surface area contributed by atoms with Crippen LogP contribution in [0.3, 0.4) is 0 Å². The molecule has 1 amide bonds. The lowest BCUT2D eigenvalue weighted by molar-refractivity contribution is -0.122. The summed E-state index contributed by atoms with van der Waals surface area (Å²) in [6.07, 6.45) is 1.20. The van der Waals surface area contributed by atoms with Crippen LogP contribution in [0.15, 0.2) is 24.3 Å². The van der Waals surface area contributed by atoms with Crippen molar-refractivity contribution in [3.05, 3.63) is 29.8 Å². The summed E-state index contributed by atoms with van der Waals surface area (Å²) < 4.78 is 5.83. The first kappa shape index (κ1) is 16.5. The number of carbonyl (C=O) groups excluding carboxylic acids is 1. The van der Waals surface area contributed by atoms with Gasteiger partial charge in [0.15, 0.2) is 0 Å². The maximum absolute atomic E-state index is 11.1. The van der Waals surface area contributed by atoms with Gasteiger partial charge in [-0.25, -0.2) is 0 Å². The fraction of sp³-hybridized carbons (Fsp3) is 0.562. The predicted octanol–water partition coefficient (Wildman–Crippen LogP) is 2.35. The first-order valence-corrected chi connectivity index (χ1v) is 6.96. The molecule has 0 heterocycles. The summed E-state index contributed by atoms with van der Waals surface area (Å²) in [5.41, 5.74) is 11.3. The van der Waals surface area contributed by atoms with Crippen LogP contribution in [0.2, 0.25) is 0 Å². The van der Waals surface area contributed by atoms with E-state index in [0.29, 0.717) is 19.4 Å². The second kappa shape index (κ2) is 6.27. The van der Waals surface area contributed by atoms with Gasteiger partial charge in [0.05, 0.1) is 12.1 Å². The maximum atomic E-state index is 11.1. The lowest BCUT2D eigenvalue weighted by Gasteiger charge is -2.23. The standard InChI is InChI=1S/C16H26N2O2/c1-15(2,3)12-8-5-6-9-13(12)20-11-7-10-16(4,18)14(17)19/h5-6,8-9H,7,10-11,18H2,1-4H3,(H2,17,19). The molecular weight excluding hydrogens is 252 g/mol. The molecule has 1 aromatic carbocycles. The number of ether oxygens (including phenoxy) is 1. The molecule has 112 valence electrons. The molecule has 0 radical (unpaired) electrons. The minimum atomic E-state index is -0.965. The Morgan fingerprint density at radius 1 is 1.20 bits per heavy atom. The molecule has 0 aliphatic carbocycles. The molecule has 0 aliphatic heterocycles. The van der Waals surface area contributed by atoms with Crippen molar-refractivity contribution < 1.29 is 9.53 Å². The number of hydrogen-bond donors (Lipinski definition) is 2. The van der Waals surface area contributed by atoms with Gasteiger partial charge in [0.25, 0.3) is 0 Å². The fourth-order valence-corrected chi connectivity index (χ4v) is 1.96. The number of benzene rings is 1. The number of rotatable bonds is 6. The highest BCUT2D eigenvalue weighted by atomic mass is 16.5. The van der Waals surface area contributed by atoms with Crippen LogP contribution in [0, 0.1) is 0 Å². The number of hydrogen-bond acceptors (Lipinski definition) is 3. The van der Waals surface area contributed by atoms with E-state index in [1.54, 1.807) is 6.92 Å². The molecule has 0 saturated carbocycles. The highest BCUT2D eigenvalue weighted by Crippen LogP contribution is 2.31. The maximum Gasteiger partial charge on any atom is 0.237 e. The summed E-state index contributed by atoms with van der Waals surface area (Å²) in [6, 6.07) is 8.01. The van der Waals surface area contributed by atoms with E-state index in [4.69, 9.17) is 16.2 Å². The third-order valence-electron chi connectivity index (χ3n) is 3.36. The number of para-hydroxylation sites is 1. The normalized spacial score (nSPS) is 14.7. The molecule has 0 aromatic heterocycles. The first-order chi connectivity index (χ1) is 9.14. The molecule has 20 heavy (non-hydrogen) atoms. The zero-order chi connectivity index (χ0) is 15.4. The molecule has 0 bridgehead atoms. The van der Waals surface area contributed by atoms with E-state index in [-0.39, 0.29) is 5.41 Å². The van der Waals surface area contributed by atoms with Gasteiger partial charge in [-0.15, -0.1) is 0 Å². The van der Waals surface area contributed by atoms with Gasteiger partial charge in [-0.05, 0) is 36.8 Å². The van der Waals surface area contributed by atoms with Gasteiger partial charge in [-0.3, -0.25) is 4.79 Å². The van der Waals surface area contributed by atoms with Crippen molar-refractivity contribution >= 4 is 5.91 Å². The first-order valence-electron chi connectivity index (χ1n) is 6.96. The summed E-state index contributed by atoms with van der Waals surface area (Å²) in [7, 11) is 0. The molecule has 0 aliphatic rings. The Morgan fingerprint density at radius 3 is 2.35 bits per heavy atom. The molecule has 4 nitrogen and oxygen atoms in total.